The molecule has 0 aromatic carbocycles. The van der Waals surface area contributed by atoms with E-state index in [4.69, 9.17) is 4.43 Å². The third-order valence-corrected chi connectivity index (χ3v) is 9.94. The fourth-order valence-electron chi connectivity index (χ4n) is 3.08. The summed E-state index contributed by atoms with van der Waals surface area (Å²) >= 11 is 0. The molecule has 0 radical (unpaired) electrons. The molecule has 0 saturated carbocycles. The Morgan fingerprint density at radius 1 is 1.05 bits per heavy atom. The van der Waals surface area contributed by atoms with Gasteiger partial charge in [0.1, 0.15) is 0 Å². The van der Waals surface area contributed by atoms with E-state index in [1.165, 1.54) is 7.11 Å². The Hall–Kier alpha value is -0.393. The molecule has 19 heavy (non-hydrogen) atoms. The van der Waals surface area contributed by atoms with Gasteiger partial charge < -0.3 is 14.3 Å². The zero-order chi connectivity index (χ0) is 15.2. The van der Waals surface area contributed by atoms with Gasteiger partial charge in [-0.15, -0.1) is 0 Å². The van der Waals surface area contributed by atoms with E-state index >= 15 is 0 Å². The lowest BCUT2D eigenvalue weighted by molar-refractivity contribution is -0.143. The predicted octanol–water partition coefficient (Wildman–Crippen LogP) is 3.10. The zero-order valence-electron chi connectivity index (χ0n) is 13.4. The molecule has 0 bridgehead atoms. The van der Waals surface area contributed by atoms with Crippen molar-refractivity contribution in [2.75, 3.05) is 13.7 Å². The summed E-state index contributed by atoms with van der Waals surface area (Å²) < 4.78 is 10.8. The largest absolute Gasteiger partial charge is 0.469 e. The van der Waals surface area contributed by atoms with Crippen molar-refractivity contribution < 1.29 is 19.1 Å². The first kappa shape index (κ1) is 18.6. The summed E-state index contributed by atoms with van der Waals surface area (Å²) in [6.45, 7) is 13.4. The van der Waals surface area contributed by atoms with Crippen LogP contribution >= 0.6 is 0 Å². The topological polar surface area (TPSA) is 55.8 Å². The Kier molecular flexibility index (Phi) is 7.85. The van der Waals surface area contributed by atoms with Crippen LogP contribution in [0.2, 0.25) is 16.6 Å². The first-order valence-electron chi connectivity index (χ1n) is 7.07. The Morgan fingerprint density at radius 2 is 1.47 bits per heavy atom. The molecule has 1 N–H and O–H groups in total. The van der Waals surface area contributed by atoms with Gasteiger partial charge in [0.15, 0.2) is 8.32 Å². The van der Waals surface area contributed by atoms with E-state index in [-0.39, 0.29) is 13.0 Å². The maximum absolute atomic E-state index is 11.1. The number of rotatable bonds is 8. The minimum absolute atomic E-state index is 0.00470. The molecule has 0 heterocycles. The summed E-state index contributed by atoms with van der Waals surface area (Å²) in [7, 11) is -0.639. The van der Waals surface area contributed by atoms with E-state index in [0.717, 1.165) is 0 Å². The van der Waals surface area contributed by atoms with Crippen LogP contribution in [-0.2, 0) is 14.0 Å². The van der Waals surface area contributed by atoms with Gasteiger partial charge in [0.2, 0.25) is 0 Å². The zero-order valence-corrected chi connectivity index (χ0v) is 14.4. The van der Waals surface area contributed by atoms with E-state index in [2.05, 4.69) is 46.3 Å². The second-order valence-electron chi connectivity index (χ2n) is 6.06. The number of methoxy groups -OCH3 is 1. The third-order valence-electron chi connectivity index (χ3n) is 3.86. The van der Waals surface area contributed by atoms with Crippen LogP contribution in [0.5, 0.6) is 0 Å². The van der Waals surface area contributed by atoms with Gasteiger partial charge in [-0.2, -0.15) is 0 Å². The Bertz CT molecular complexity index is 255. The summed E-state index contributed by atoms with van der Waals surface area (Å²) in [6, 6.07) is 0. The van der Waals surface area contributed by atoms with Crippen molar-refractivity contribution in [2.24, 2.45) is 0 Å². The molecule has 0 rings (SSSR count). The monoisotopic (exact) mass is 290 g/mol. The lowest BCUT2D eigenvalue weighted by Gasteiger charge is -2.42. The number of hydrogen-bond donors (Lipinski definition) is 1. The van der Waals surface area contributed by atoms with Crippen LogP contribution in [0.3, 0.4) is 0 Å². The highest BCUT2D eigenvalue weighted by Crippen LogP contribution is 2.42. The summed E-state index contributed by atoms with van der Waals surface area (Å²) in [5, 5.41) is 9.86. The maximum Gasteiger partial charge on any atom is 0.308 e. The molecule has 0 amide bonds. The van der Waals surface area contributed by atoms with Gasteiger partial charge in [-0.05, 0) is 16.6 Å². The first-order chi connectivity index (χ1) is 8.68. The van der Waals surface area contributed by atoms with Gasteiger partial charge in [0.05, 0.1) is 26.2 Å². The molecular weight excluding hydrogens is 260 g/mol. The molecule has 1 atom stereocenters. The molecule has 0 fully saturated rings. The molecule has 0 spiro atoms. The number of carbonyl (C=O) groups excluding carboxylic acids is 1. The van der Waals surface area contributed by atoms with Crippen molar-refractivity contribution in [1.29, 1.82) is 0 Å². The molecule has 0 aliphatic rings. The highest BCUT2D eigenvalue weighted by atomic mass is 28.4. The number of aliphatic hydroxyl groups is 1. The van der Waals surface area contributed by atoms with Crippen LogP contribution in [0, 0.1) is 0 Å². The maximum atomic E-state index is 11.1. The van der Waals surface area contributed by atoms with E-state index < -0.39 is 20.4 Å². The second-order valence-corrected chi connectivity index (χ2v) is 11.5. The number of carbonyl (C=O) groups is 1. The normalized spacial score (nSPS) is 14.3. The SMILES string of the molecule is COC(=O)CC(O)CO[Si](C(C)C)(C(C)C)C(C)C. The van der Waals surface area contributed by atoms with Crippen molar-refractivity contribution in [1.82, 2.24) is 0 Å². The van der Waals surface area contributed by atoms with Crippen LogP contribution in [-0.4, -0.2) is 39.2 Å². The molecule has 114 valence electrons. The predicted molar refractivity (Wildman–Crippen MR) is 79.6 cm³/mol. The molecular formula is C14H30O4Si. The number of hydrogen-bond acceptors (Lipinski definition) is 4. The van der Waals surface area contributed by atoms with E-state index in [9.17, 15) is 9.90 Å². The van der Waals surface area contributed by atoms with Crippen molar-refractivity contribution in [3.63, 3.8) is 0 Å². The number of ether oxygens (including phenoxy) is 1. The van der Waals surface area contributed by atoms with Crippen LogP contribution in [0.1, 0.15) is 48.0 Å². The first-order valence-corrected chi connectivity index (χ1v) is 9.21. The summed E-state index contributed by atoms with van der Waals surface area (Å²) in [5.74, 6) is -0.401. The smallest absolute Gasteiger partial charge is 0.308 e. The quantitative estimate of drug-likeness (QED) is 0.551. The number of aliphatic hydroxyl groups excluding tert-OH is 1. The average molecular weight is 290 g/mol. The van der Waals surface area contributed by atoms with Gasteiger partial charge in [0, 0.05) is 0 Å². The van der Waals surface area contributed by atoms with Gasteiger partial charge >= 0.3 is 5.97 Å². The van der Waals surface area contributed by atoms with Crippen LogP contribution in [0.15, 0.2) is 0 Å². The van der Waals surface area contributed by atoms with E-state index in [0.29, 0.717) is 16.6 Å². The van der Waals surface area contributed by atoms with Crippen LogP contribution in [0.25, 0.3) is 0 Å². The van der Waals surface area contributed by atoms with Gasteiger partial charge in [-0.1, -0.05) is 41.5 Å². The fourth-order valence-corrected chi connectivity index (χ4v) is 8.56. The fraction of sp³-hybridized carbons (Fsp3) is 0.929. The highest BCUT2D eigenvalue weighted by Gasteiger charge is 2.45. The Morgan fingerprint density at radius 3 is 1.79 bits per heavy atom. The molecule has 4 nitrogen and oxygen atoms in total. The average Bonchev–Trinajstić information content (AvgIpc) is 2.27. The minimum atomic E-state index is -1.96. The van der Waals surface area contributed by atoms with Gasteiger partial charge in [-0.25, -0.2) is 0 Å². The molecule has 5 heteroatoms. The Labute approximate surface area is 118 Å². The molecule has 0 aromatic rings. The van der Waals surface area contributed by atoms with Crippen LogP contribution in [0.4, 0.5) is 0 Å². The summed E-state index contributed by atoms with van der Waals surface area (Å²) in [6.07, 6.45) is -0.787. The van der Waals surface area contributed by atoms with Crippen molar-refractivity contribution in [3.05, 3.63) is 0 Å². The lowest BCUT2D eigenvalue weighted by Crippen LogP contribution is -2.49. The molecule has 0 aromatic heterocycles. The summed E-state index contributed by atoms with van der Waals surface area (Å²) in [5.41, 5.74) is 1.41. The molecule has 0 aliphatic heterocycles. The van der Waals surface area contributed by atoms with Crippen molar-refractivity contribution in [3.8, 4) is 0 Å². The van der Waals surface area contributed by atoms with Crippen molar-refractivity contribution in [2.45, 2.75) is 70.7 Å². The molecule has 0 saturated heterocycles. The number of esters is 1. The summed E-state index contributed by atoms with van der Waals surface area (Å²) in [4.78, 5) is 11.1. The van der Waals surface area contributed by atoms with E-state index in [1.54, 1.807) is 0 Å². The minimum Gasteiger partial charge on any atom is -0.469 e. The standard InChI is InChI=1S/C14H30O4Si/c1-10(2)19(11(3)4,12(5)6)18-9-13(15)8-14(16)17-7/h10-13,15H,8-9H2,1-7H3. The van der Waals surface area contributed by atoms with Crippen LogP contribution < -0.4 is 0 Å². The molecule has 1 unspecified atom stereocenters. The molecule has 0 aliphatic carbocycles. The van der Waals surface area contributed by atoms with Crippen molar-refractivity contribution >= 4 is 14.3 Å². The second kappa shape index (κ2) is 8.02. The van der Waals surface area contributed by atoms with Gasteiger partial charge in [0.25, 0.3) is 0 Å². The lowest BCUT2D eigenvalue weighted by atomic mass is 10.3. The van der Waals surface area contributed by atoms with Gasteiger partial charge in [-0.3, -0.25) is 4.79 Å². The highest BCUT2D eigenvalue weighted by molar-refractivity contribution is 6.77. The third kappa shape index (κ3) is 4.89. The Balaban J connectivity index is 4.72. The van der Waals surface area contributed by atoms with E-state index in [1.807, 2.05) is 0 Å².